The Hall–Kier alpha value is -2.54. The molecule has 0 saturated heterocycles. The lowest BCUT2D eigenvalue weighted by molar-refractivity contribution is 0.619. The maximum absolute atomic E-state index is 13.3. The van der Waals surface area contributed by atoms with Crippen LogP contribution in [0.4, 0.5) is 21.5 Å². The molecule has 0 radical (unpaired) electrons. The summed E-state index contributed by atoms with van der Waals surface area (Å²) in [5.74, 6) is -0.330. The second-order valence-electron chi connectivity index (χ2n) is 4.01. The molecule has 0 fully saturated rings. The van der Waals surface area contributed by atoms with Gasteiger partial charge in [0.2, 0.25) is 0 Å². The molecule has 90 valence electrons. The van der Waals surface area contributed by atoms with Gasteiger partial charge < -0.3 is 11.1 Å². The topological polar surface area (TPSA) is 61.8 Å². The third-order valence-electron chi connectivity index (χ3n) is 2.60. The van der Waals surface area contributed by atoms with E-state index in [1.807, 2.05) is 6.07 Å². The van der Waals surface area contributed by atoms with Crippen LogP contribution in [0.25, 0.3) is 0 Å². The monoisotopic (exact) mass is 241 g/mol. The average Bonchev–Trinajstić information content (AvgIpc) is 2.36. The molecule has 0 saturated carbocycles. The number of hydrogen-bond donors (Lipinski definition) is 2. The van der Waals surface area contributed by atoms with Gasteiger partial charge in [-0.3, -0.25) is 0 Å². The van der Waals surface area contributed by atoms with Crippen LogP contribution in [0, 0.1) is 24.1 Å². The first-order chi connectivity index (χ1) is 8.60. The van der Waals surface area contributed by atoms with Gasteiger partial charge in [0, 0.05) is 5.69 Å². The van der Waals surface area contributed by atoms with E-state index in [9.17, 15) is 4.39 Å². The summed E-state index contributed by atoms with van der Waals surface area (Å²) in [5.41, 5.74) is 8.52. The molecule has 2 aromatic carbocycles. The van der Waals surface area contributed by atoms with Crippen LogP contribution in [-0.4, -0.2) is 0 Å². The summed E-state index contributed by atoms with van der Waals surface area (Å²) in [6, 6.07) is 12.0. The summed E-state index contributed by atoms with van der Waals surface area (Å²) in [4.78, 5) is 0. The molecule has 2 rings (SSSR count). The number of nitrogens with two attached hydrogens (primary N) is 1. The van der Waals surface area contributed by atoms with Crippen LogP contribution in [0.5, 0.6) is 0 Å². The number of benzene rings is 2. The van der Waals surface area contributed by atoms with Gasteiger partial charge in [-0.1, -0.05) is 6.07 Å². The smallest absolute Gasteiger partial charge is 0.128 e. The van der Waals surface area contributed by atoms with Gasteiger partial charge in [-0.15, -0.1) is 0 Å². The summed E-state index contributed by atoms with van der Waals surface area (Å²) in [5, 5.41) is 11.9. The van der Waals surface area contributed by atoms with Crippen molar-refractivity contribution < 1.29 is 4.39 Å². The molecule has 0 aliphatic rings. The molecular formula is C14H12FN3. The van der Waals surface area contributed by atoms with Crippen molar-refractivity contribution in [1.82, 2.24) is 0 Å². The van der Waals surface area contributed by atoms with Crippen LogP contribution in [0.1, 0.15) is 11.1 Å². The molecular weight excluding hydrogens is 229 g/mol. The van der Waals surface area contributed by atoms with E-state index in [1.165, 1.54) is 6.07 Å². The Bertz CT molecular complexity index is 629. The minimum absolute atomic E-state index is 0.330. The van der Waals surface area contributed by atoms with Gasteiger partial charge in [0.05, 0.1) is 23.0 Å². The molecule has 0 bridgehead atoms. The van der Waals surface area contributed by atoms with Crippen LogP contribution in [0.15, 0.2) is 36.4 Å². The minimum Gasteiger partial charge on any atom is -0.397 e. The Balaban J connectivity index is 2.34. The normalized spacial score (nSPS) is 9.83. The zero-order valence-corrected chi connectivity index (χ0v) is 9.87. The SMILES string of the molecule is Cc1cc(Nc2cccc(C#N)c2)c(N)cc1F. The van der Waals surface area contributed by atoms with Crippen molar-refractivity contribution in [1.29, 1.82) is 5.26 Å². The van der Waals surface area contributed by atoms with Crippen LogP contribution in [0.2, 0.25) is 0 Å². The van der Waals surface area contributed by atoms with Crippen LogP contribution in [-0.2, 0) is 0 Å². The highest BCUT2D eigenvalue weighted by Crippen LogP contribution is 2.26. The molecule has 2 aromatic rings. The lowest BCUT2D eigenvalue weighted by Gasteiger charge is -2.11. The third-order valence-corrected chi connectivity index (χ3v) is 2.60. The first-order valence-electron chi connectivity index (χ1n) is 5.43. The fraction of sp³-hybridized carbons (Fsp3) is 0.0714. The summed E-state index contributed by atoms with van der Waals surface area (Å²) in [6.07, 6.45) is 0. The zero-order valence-electron chi connectivity index (χ0n) is 9.87. The van der Waals surface area contributed by atoms with Gasteiger partial charge in [0.15, 0.2) is 0 Å². The van der Waals surface area contributed by atoms with E-state index >= 15 is 0 Å². The number of aryl methyl sites for hydroxylation is 1. The molecule has 18 heavy (non-hydrogen) atoms. The van der Waals surface area contributed by atoms with E-state index < -0.39 is 0 Å². The molecule has 4 heteroatoms. The van der Waals surface area contributed by atoms with Crippen molar-refractivity contribution in [2.24, 2.45) is 0 Å². The van der Waals surface area contributed by atoms with Gasteiger partial charge in [-0.2, -0.15) is 5.26 Å². The van der Waals surface area contributed by atoms with Gasteiger partial charge in [0.25, 0.3) is 0 Å². The first-order valence-corrected chi connectivity index (χ1v) is 5.43. The van der Waals surface area contributed by atoms with Crippen LogP contribution in [0.3, 0.4) is 0 Å². The van der Waals surface area contributed by atoms with E-state index in [0.29, 0.717) is 22.5 Å². The number of nitrogens with zero attached hydrogens (tertiary/aromatic N) is 1. The van der Waals surface area contributed by atoms with E-state index in [1.54, 1.807) is 31.2 Å². The number of hydrogen-bond acceptors (Lipinski definition) is 3. The van der Waals surface area contributed by atoms with Crippen LogP contribution < -0.4 is 11.1 Å². The molecule has 0 unspecified atom stereocenters. The van der Waals surface area contributed by atoms with Crippen LogP contribution >= 0.6 is 0 Å². The van der Waals surface area contributed by atoms with Crippen molar-refractivity contribution in [2.45, 2.75) is 6.92 Å². The van der Waals surface area contributed by atoms with Crippen molar-refractivity contribution in [3.05, 3.63) is 53.3 Å². The predicted octanol–water partition coefficient (Wildman–Crippen LogP) is 3.33. The minimum atomic E-state index is -0.330. The molecule has 0 aromatic heterocycles. The molecule has 3 N–H and O–H groups in total. The molecule has 0 aliphatic carbocycles. The fourth-order valence-corrected chi connectivity index (χ4v) is 1.63. The highest BCUT2D eigenvalue weighted by atomic mass is 19.1. The second kappa shape index (κ2) is 4.76. The molecule has 3 nitrogen and oxygen atoms in total. The van der Waals surface area contributed by atoms with E-state index in [0.717, 1.165) is 5.69 Å². The Morgan fingerprint density at radius 3 is 2.78 bits per heavy atom. The highest BCUT2D eigenvalue weighted by molar-refractivity contribution is 5.73. The van der Waals surface area contributed by atoms with Crippen molar-refractivity contribution in [3.63, 3.8) is 0 Å². The molecule has 0 heterocycles. The second-order valence-corrected chi connectivity index (χ2v) is 4.01. The van der Waals surface area contributed by atoms with Gasteiger partial charge in [-0.25, -0.2) is 4.39 Å². The number of halogens is 1. The maximum atomic E-state index is 13.3. The van der Waals surface area contributed by atoms with Crippen molar-refractivity contribution >= 4 is 17.1 Å². The number of rotatable bonds is 2. The highest BCUT2D eigenvalue weighted by Gasteiger charge is 2.05. The summed E-state index contributed by atoms with van der Waals surface area (Å²) in [6.45, 7) is 1.67. The third kappa shape index (κ3) is 2.41. The molecule has 0 aliphatic heterocycles. The van der Waals surface area contributed by atoms with Gasteiger partial charge >= 0.3 is 0 Å². The average molecular weight is 241 g/mol. The first kappa shape index (κ1) is 11.9. The van der Waals surface area contributed by atoms with Crippen molar-refractivity contribution in [3.8, 4) is 6.07 Å². The Morgan fingerprint density at radius 2 is 2.06 bits per heavy atom. The quantitative estimate of drug-likeness (QED) is 0.793. The van der Waals surface area contributed by atoms with Gasteiger partial charge in [0.1, 0.15) is 5.82 Å². The standard InChI is InChI=1S/C14H12FN3/c1-9-5-14(13(17)7-12(9)15)18-11-4-2-3-10(6-11)8-16/h2-7,18H,17H2,1H3. The lowest BCUT2D eigenvalue weighted by Crippen LogP contribution is -1.98. The number of anilines is 3. The predicted molar refractivity (Wildman–Crippen MR) is 70.0 cm³/mol. The fourth-order valence-electron chi connectivity index (χ4n) is 1.63. The van der Waals surface area contributed by atoms with E-state index in [2.05, 4.69) is 11.4 Å². The Kier molecular flexibility index (Phi) is 3.16. The molecule has 0 spiro atoms. The number of nitrogens with one attached hydrogen (secondary N) is 1. The zero-order chi connectivity index (χ0) is 13.1. The number of nitriles is 1. The Morgan fingerprint density at radius 1 is 1.28 bits per heavy atom. The van der Waals surface area contributed by atoms with E-state index in [-0.39, 0.29) is 5.82 Å². The Labute approximate surface area is 105 Å². The molecule has 0 amide bonds. The van der Waals surface area contributed by atoms with E-state index in [4.69, 9.17) is 11.0 Å². The largest absolute Gasteiger partial charge is 0.397 e. The summed E-state index contributed by atoms with van der Waals surface area (Å²) in [7, 11) is 0. The maximum Gasteiger partial charge on any atom is 0.128 e. The number of nitrogen functional groups attached to an aromatic ring is 1. The van der Waals surface area contributed by atoms with Gasteiger partial charge in [-0.05, 0) is 42.8 Å². The van der Waals surface area contributed by atoms with Crippen molar-refractivity contribution in [2.75, 3.05) is 11.1 Å². The molecule has 0 atom stereocenters. The summed E-state index contributed by atoms with van der Waals surface area (Å²) < 4.78 is 13.3. The summed E-state index contributed by atoms with van der Waals surface area (Å²) >= 11 is 0. The lowest BCUT2D eigenvalue weighted by atomic mass is 10.1.